The number of amides is 1. The third-order valence-electron chi connectivity index (χ3n) is 5.44. The van der Waals surface area contributed by atoms with Crippen molar-refractivity contribution < 1.29 is 4.79 Å². The summed E-state index contributed by atoms with van der Waals surface area (Å²) in [6.07, 6.45) is 8.66. The molecule has 0 bridgehead atoms. The number of hydrogen-bond donors (Lipinski definition) is 1. The van der Waals surface area contributed by atoms with Crippen LogP contribution < -0.4 is 5.32 Å². The van der Waals surface area contributed by atoms with E-state index in [1.165, 1.54) is 17.7 Å². The second kappa shape index (κ2) is 8.85. The summed E-state index contributed by atoms with van der Waals surface area (Å²) in [7, 11) is 0. The van der Waals surface area contributed by atoms with Crippen LogP contribution in [0.25, 0.3) is 26.8 Å². The van der Waals surface area contributed by atoms with Gasteiger partial charge in [0.25, 0.3) is 5.91 Å². The summed E-state index contributed by atoms with van der Waals surface area (Å²) in [6, 6.07) is 11.5. The molecule has 1 amide bonds. The molecule has 35 heavy (non-hydrogen) atoms. The highest BCUT2D eigenvalue weighted by Gasteiger charge is 2.19. The summed E-state index contributed by atoms with van der Waals surface area (Å²) < 4.78 is 3.82. The molecule has 11 heteroatoms. The van der Waals surface area contributed by atoms with E-state index in [1.54, 1.807) is 34.7 Å². The molecule has 0 unspecified atom stereocenters. The van der Waals surface area contributed by atoms with Crippen LogP contribution in [0.3, 0.4) is 0 Å². The van der Waals surface area contributed by atoms with Crippen LogP contribution in [-0.4, -0.2) is 40.0 Å². The molecule has 1 N–H and O–H groups in total. The molecule has 0 aliphatic carbocycles. The fourth-order valence-electron chi connectivity index (χ4n) is 3.77. The third-order valence-corrected chi connectivity index (χ3v) is 7.53. The van der Waals surface area contributed by atoms with Gasteiger partial charge in [-0.1, -0.05) is 18.2 Å². The fraction of sp³-hybridized carbons (Fsp3) is 0.0833. The summed E-state index contributed by atoms with van der Waals surface area (Å²) in [5.41, 5.74) is 4.95. The van der Waals surface area contributed by atoms with Crippen LogP contribution in [0.4, 0.5) is 5.69 Å². The van der Waals surface area contributed by atoms with Gasteiger partial charge in [-0.25, -0.2) is 19.6 Å². The standard InChI is InChI=1S/C24H18N8OS2/c1-15-21(35-23(28-15)16-5-4-8-25-9-16)22(33)29-19-7-3-2-6-18(19)20-11-32-17(12-34-24(32)30-20)10-31-14-26-13-27-31/h2-9,11-14H,10H2,1H3,(H,29,33). The highest BCUT2D eigenvalue weighted by molar-refractivity contribution is 7.17. The van der Waals surface area contributed by atoms with E-state index in [1.807, 2.05) is 53.9 Å². The highest BCUT2D eigenvalue weighted by atomic mass is 32.1. The Bertz CT molecular complexity index is 1630. The second-order valence-corrected chi connectivity index (χ2v) is 9.61. The van der Waals surface area contributed by atoms with Crippen molar-refractivity contribution in [3.05, 3.63) is 89.3 Å². The quantitative estimate of drug-likeness (QED) is 0.354. The number of benzene rings is 1. The Morgan fingerprint density at radius 2 is 2.03 bits per heavy atom. The lowest BCUT2D eigenvalue weighted by atomic mass is 10.1. The van der Waals surface area contributed by atoms with Crippen LogP contribution in [0, 0.1) is 6.92 Å². The molecule has 0 spiro atoms. The lowest BCUT2D eigenvalue weighted by Gasteiger charge is -2.09. The van der Waals surface area contributed by atoms with Crippen LogP contribution in [0.5, 0.6) is 0 Å². The molecule has 0 atom stereocenters. The molecule has 0 radical (unpaired) electrons. The van der Waals surface area contributed by atoms with Crippen molar-refractivity contribution in [1.82, 2.24) is 34.1 Å². The molecule has 0 saturated heterocycles. The smallest absolute Gasteiger partial charge is 0.267 e. The maximum Gasteiger partial charge on any atom is 0.267 e. The number of rotatable bonds is 6. The molecule has 1 aromatic carbocycles. The van der Waals surface area contributed by atoms with E-state index in [0.29, 0.717) is 22.8 Å². The number of imidazole rings is 1. The van der Waals surface area contributed by atoms with Crippen LogP contribution in [-0.2, 0) is 6.54 Å². The Hall–Kier alpha value is -4.22. The minimum Gasteiger partial charge on any atom is -0.321 e. The Morgan fingerprint density at radius 3 is 2.86 bits per heavy atom. The van der Waals surface area contributed by atoms with Crippen molar-refractivity contribution in [3.8, 4) is 21.8 Å². The Kier molecular flexibility index (Phi) is 5.39. The molecule has 5 aromatic heterocycles. The van der Waals surface area contributed by atoms with Gasteiger partial charge in [-0.15, -0.1) is 22.7 Å². The minimum absolute atomic E-state index is 0.199. The molecule has 172 valence electrons. The van der Waals surface area contributed by atoms with E-state index in [9.17, 15) is 4.79 Å². The van der Waals surface area contributed by atoms with Crippen LogP contribution in [0.15, 0.2) is 73.0 Å². The predicted octanol–water partition coefficient (Wildman–Crippen LogP) is 4.78. The van der Waals surface area contributed by atoms with E-state index in [-0.39, 0.29) is 5.91 Å². The molecular weight excluding hydrogens is 480 g/mol. The zero-order valence-electron chi connectivity index (χ0n) is 18.5. The van der Waals surface area contributed by atoms with Crippen molar-refractivity contribution in [2.24, 2.45) is 0 Å². The number of fused-ring (bicyclic) bond motifs is 1. The molecule has 9 nitrogen and oxygen atoms in total. The molecule has 0 aliphatic heterocycles. The first-order valence-electron chi connectivity index (χ1n) is 10.7. The van der Waals surface area contributed by atoms with Gasteiger partial charge in [-0.05, 0) is 25.1 Å². The van der Waals surface area contributed by atoms with Gasteiger partial charge in [0.15, 0.2) is 4.96 Å². The number of thiazole rings is 2. The lowest BCUT2D eigenvalue weighted by Crippen LogP contribution is -2.12. The van der Waals surface area contributed by atoms with E-state index < -0.39 is 0 Å². The number of carbonyl (C=O) groups excluding carboxylic acids is 1. The van der Waals surface area contributed by atoms with Gasteiger partial charge in [0.05, 0.1) is 29.3 Å². The number of aryl methyl sites for hydroxylation is 1. The fourth-order valence-corrected chi connectivity index (χ4v) is 5.58. The zero-order valence-corrected chi connectivity index (χ0v) is 20.1. The highest BCUT2D eigenvalue weighted by Crippen LogP contribution is 2.32. The molecule has 0 aliphatic rings. The van der Waals surface area contributed by atoms with Crippen molar-refractivity contribution in [3.63, 3.8) is 0 Å². The van der Waals surface area contributed by atoms with Crippen LogP contribution >= 0.6 is 22.7 Å². The summed E-state index contributed by atoms with van der Waals surface area (Å²) in [6.45, 7) is 2.44. The Balaban J connectivity index is 1.29. The number of aromatic nitrogens is 7. The van der Waals surface area contributed by atoms with Gasteiger partial charge in [-0.3, -0.25) is 14.2 Å². The summed E-state index contributed by atoms with van der Waals surface area (Å²) in [5.74, 6) is -0.199. The molecule has 5 heterocycles. The Labute approximate surface area is 207 Å². The number of carbonyl (C=O) groups is 1. The maximum atomic E-state index is 13.2. The van der Waals surface area contributed by atoms with Gasteiger partial charge in [0.2, 0.25) is 0 Å². The van der Waals surface area contributed by atoms with Gasteiger partial charge < -0.3 is 5.32 Å². The Morgan fingerprint density at radius 1 is 1.11 bits per heavy atom. The average Bonchev–Trinajstić information content (AvgIpc) is 3.66. The van der Waals surface area contributed by atoms with E-state index in [2.05, 4.69) is 30.7 Å². The number of para-hydroxylation sites is 1. The molecule has 0 fully saturated rings. The van der Waals surface area contributed by atoms with E-state index in [0.717, 1.165) is 32.5 Å². The summed E-state index contributed by atoms with van der Waals surface area (Å²) in [5, 5.41) is 10.1. The topological polar surface area (TPSA) is 103 Å². The first-order chi connectivity index (χ1) is 17.2. The summed E-state index contributed by atoms with van der Waals surface area (Å²) >= 11 is 2.92. The van der Waals surface area contributed by atoms with Crippen molar-refractivity contribution in [1.29, 1.82) is 0 Å². The van der Waals surface area contributed by atoms with Gasteiger partial charge in [-0.2, -0.15) is 5.10 Å². The van der Waals surface area contributed by atoms with Crippen LogP contribution in [0.1, 0.15) is 21.1 Å². The second-order valence-electron chi connectivity index (χ2n) is 7.77. The molecule has 6 rings (SSSR count). The van der Waals surface area contributed by atoms with Crippen LogP contribution in [0.2, 0.25) is 0 Å². The number of hydrogen-bond acceptors (Lipinski definition) is 8. The van der Waals surface area contributed by atoms with Crippen molar-refractivity contribution in [2.75, 3.05) is 5.32 Å². The lowest BCUT2D eigenvalue weighted by molar-refractivity contribution is 0.103. The normalized spacial score (nSPS) is 11.2. The van der Waals surface area contributed by atoms with Crippen molar-refractivity contribution >= 4 is 39.2 Å². The number of nitrogens with one attached hydrogen (secondary N) is 1. The SMILES string of the molecule is Cc1nc(-c2cccnc2)sc1C(=O)Nc1ccccc1-c1cn2c(Cn3cncn3)csc2n1. The monoisotopic (exact) mass is 498 g/mol. The van der Waals surface area contributed by atoms with Gasteiger partial charge in [0.1, 0.15) is 22.5 Å². The first-order valence-corrected chi connectivity index (χ1v) is 12.4. The average molecular weight is 499 g/mol. The molecule has 0 saturated carbocycles. The van der Waals surface area contributed by atoms with E-state index in [4.69, 9.17) is 4.98 Å². The van der Waals surface area contributed by atoms with Crippen molar-refractivity contribution in [2.45, 2.75) is 13.5 Å². The zero-order chi connectivity index (χ0) is 23.8. The predicted molar refractivity (Wildman–Crippen MR) is 136 cm³/mol. The molecule has 6 aromatic rings. The third kappa shape index (κ3) is 4.11. The summed E-state index contributed by atoms with van der Waals surface area (Å²) in [4.78, 5) is 32.2. The first kappa shape index (κ1) is 21.3. The minimum atomic E-state index is -0.199. The maximum absolute atomic E-state index is 13.2. The number of pyridine rings is 1. The van der Waals surface area contributed by atoms with Gasteiger partial charge in [0, 0.05) is 35.1 Å². The number of nitrogens with zero attached hydrogens (tertiary/aromatic N) is 7. The van der Waals surface area contributed by atoms with E-state index >= 15 is 0 Å². The largest absolute Gasteiger partial charge is 0.321 e. The molecular formula is C24H18N8OS2. The van der Waals surface area contributed by atoms with Gasteiger partial charge >= 0.3 is 0 Å². The number of anilines is 1.